The molecule has 23 heteroatoms. The van der Waals surface area contributed by atoms with Crippen molar-refractivity contribution in [2.45, 2.75) is 67.3 Å². The molecule has 2 fully saturated rings. The van der Waals surface area contributed by atoms with Crippen molar-refractivity contribution in [3.63, 3.8) is 0 Å². The van der Waals surface area contributed by atoms with Crippen molar-refractivity contribution >= 4 is 43.3 Å². The van der Waals surface area contributed by atoms with Crippen molar-refractivity contribution in [3.05, 3.63) is 25.3 Å². The van der Waals surface area contributed by atoms with Gasteiger partial charge in [-0.1, -0.05) is 12.7 Å². The van der Waals surface area contributed by atoms with E-state index >= 15 is 0 Å². The first-order chi connectivity index (χ1) is 19.9. The van der Waals surface area contributed by atoms with E-state index in [0.29, 0.717) is 0 Å². The predicted octanol–water partition coefficient (Wildman–Crippen LogP) is -2.52. The summed E-state index contributed by atoms with van der Waals surface area (Å²) in [6.45, 7) is -2.05. The minimum Gasteiger partial charge on any atom is -0.393 e. The number of hydrogen-bond acceptors (Lipinski definition) is 17. The third-order valence-electron chi connectivity index (χ3n) is 6.85. The first-order valence-corrected chi connectivity index (χ1v) is 16.3. The van der Waals surface area contributed by atoms with Crippen LogP contribution in [0.5, 0.6) is 0 Å². The van der Waals surface area contributed by atoms with E-state index in [4.69, 9.17) is 36.6 Å². The van der Waals surface area contributed by atoms with E-state index in [1.165, 1.54) is 17.8 Å². The van der Waals surface area contributed by atoms with Crippen LogP contribution in [0.1, 0.15) is 13.2 Å². The number of rotatable bonds is 11. The fourth-order valence-corrected chi connectivity index (χ4v) is 7.72. The summed E-state index contributed by atoms with van der Waals surface area (Å²) < 4.78 is 52.9. The second-order valence-corrected chi connectivity index (χ2v) is 14.3. The molecule has 10 N–H and O–H groups in total. The number of ether oxygens (including phenoxy) is 2. The van der Waals surface area contributed by atoms with Gasteiger partial charge in [0.25, 0.3) is 0 Å². The number of hydrogen-bond donors (Lipinski definition) is 9. The van der Waals surface area contributed by atoms with E-state index in [-0.39, 0.29) is 17.0 Å². The topological polar surface area (TPSA) is 295 Å². The molecule has 0 amide bonds. The number of aromatic nitrogens is 4. The number of anilines is 1. The molecule has 4 heterocycles. The van der Waals surface area contributed by atoms with Gasteiger partial charge in [0.15, 0.2) is 35.8 Å². The van der Waals surface area contributed by atoms with Crippen LogP contribution in [0.3, 0.4) is 0 Å². The number of nitrogens with zero attached hydrogens (tertiary/aromatic N) is 4. The number of fused-ring (bicyclic) bond motifs is 1. The molecule has 2 saturated heterocycles. The van der Waals surface area contributed by atoms with Crippen LogP contribution in [-0.2, 0) is 39.2 Å². The molecule has 2 aliphatic heterocycles. The summed E-state index contributed by atoms with van der Waals surface area (Å²) >= 11 is 4.77. The van der Waals surface area contributed by atoms with Crippen LogP contribution in [0.4, 0.5) is 10.2 Å². The van der Waals surface area contributed by atoms with Gasteiger partial charge in [0.05, 0.1) is 19.5 Å². The van der Waals surface area contributed by atoms with Crippen LogP contribution >= 0.6 is 14.5 Å². The van der Waals surface area contributed by atoms with Crippen molar-refractivity contribution in [3.8, 4) is 0 Å². The van der Waals surface area contributed by atoms with Crippen molar-refractivity contribution in [1.29, 1.82) is 0 Å². The predicted molar refractivity (Wildman–Crippen MR) is 143 cm³/mol. The number of aliphatic hydroxyl groups is 6. The van der Waals surface area contributed by atoms with Crippen molar-refractivity contribution < 1.29 is 72.2 Å². The van der Waals surface area contributed by atoms with Gasteiger partial charge in [0.2, 0.25) is 0 Å². The first-order valence-electron chi connectivity index (χ1n) is 12.2. The first kappa shape index (κ1) is 34.3. The average Bonchev–Trinajstić information content (AvgIpc) is 3.46. The molecule has 0 spiro atoms. The summed E-state index contributed by atoms with van der Waals surface area (Å²) in [6.07, 6.45) is -13.0. The van der Waals surface area contributed by atoms with Crippen molar-refractivity contribution in [2.24, 2.45) is 0 Å². The fourth-order valence-electron chi connectivity index (χ4n) is 4.56. The Kier molecular flexibility index (Phi) is 9.79. The van der Waals surface area contributed by atoms with Crippen molar-refractivity contribution in [1.82, 2.24) is 19.5 Å². The summed E-state index contributed by atoms with van der Waals surface area (Å²) in [7, 11) is -5.54. The SMILES string of the molecule is C=C[C@]1(O)[C@H](n2cnc3c(N)ncnc32)O[C@](C)(COP(O)(=S)OP(=O)(O)OC2OC([C@@H](F)CO)C(O)C(O)C2O)[C@H]1O. The standard InChI is InChI=1S/C20H30FN5O14P2S/c1-3-20(32)17(31)19(2,38-18(20)26-7-25-9-14(22)23-6-24-15(9)26)5-36-42(35,43)40-41(33,34)39-16-12(30)10(28)11(29)13(37-16)8(21)4-27/h3,6-8,10-13,16-18,27-32H,1,4-5H2,2H3,(H,33,34)(H,35,43)(H2,22,23,24)/t8-,10?,11?,12?,13?,16?,17+,18+,19+,20+,42?/m0/s1. The van der Waals surface area contributed by atoms with Gasteiger partial charge in [-0.25, -0.2) is 28.2 Å². The molecule has 0 radical (unpaired) electrons. The number of alkyl halides is 1. The van der Waals surface area contributed by atoms with E-state index in [2.05, 4.69) is 30.4 Å². The van der Waals surface area contributed by atoms with E-state index in [0.717, 1.165) is 12.4 Å². The number of aliphatic hydroxyl groups excluding tert-OH is 5. The minimum atomic E-state index is -5.54. The van der Waals surface area contributed by atoms with Crippen LogP contribution < -0.4 is 5.73 Å². The molecule has 2 aromatic heterocycles. The van der Waals surface area contributed by atoms with E-state index < -0.39 is 88.2 Å². The monoisotopic (exact) mass is 677 g/mol. The smallest absolute Gasteiger partial charge is 0.393 e. The summed E-state index contributed by atoms with van der Waals surface area (Å²) in [5, 5.41) is 61.2. The minimum absolute atomic E-state index is 0.0227. The molecular weight excluding hydrogens is 647 g/mol. The number of nitrogens with two attached hydrogens (primary N) is 1. The average molecular weight is 677 g/mol. The Hall–Kier alpha value is -1.62. The molecule has 0 saturated carbocycles. The van der Waals surface area contributed by atoms with Crippen LogP contribution in [0.15, 0.2) is 25.3 Å². The van der Waals surface area contributed by atoms with Crippen LogP contribution in [0.2, 0.25) is 0 Å². The third-order valence-corrected chi connectivity index (χ3v) is 10.4. The molecule has 0 aliphatic carbocycles. The lowest BCUT2D eigenvalue weighted by molar-refractivity contribution is -0.287. The molecule has 43 heavy (non-hydrogen) atoms. The largest absolute Gasteiger partial charge is 0.481 e. The lowest BCUT2D eigenvalue weighted by atomic mass is 9.87. The second-order valence-electron chi connectivity index (χ2n) is 9.90. The third kappa shape index (κ3) is 6.54. The van der Waals surface area contributed by atoms with E-state index in [1.54, 1.807) is 0 Å². The van der Waals surface area contributed by atoms with Crippen LogP contribution in [-0.4, -0.2) is 127 Å². The number of halogens is 1. The van der Waals surface area contributed by atoms with Crippen molar-refractivity contribution in [2.75, 3.05) is 18.9 Å². The maximum atomic E-state index is 14.0. The zero-order valence-corrected chi connectivity index (χ0v) is 24.7. The zero-order valence-electron chi connectivity index (χ0n) is 22.0. The van der Waals surface area contributed by atoms with Gasteiger partial charge in [0.1, 0.15) is 48.0 Å². The molecular formula is C20H30FN5O14P2S. The lowest BCUT2D eigenvalue weighted by Gasteiger charge is -2.41. The van der Waals surface area contributed by atoms with Gasteiger partial charge in [0, 0.05) is 0 Å². The molecule has 2 aliphatic rings. The molecule has 19 nitrogen and oxygen atoms in total. The van der Waals surface area contributed by atoms with Gasteiger partial charge in [-0.15, -0.1) is 0 Å². The second kappa shape index (κ2) is 12.3. The highest BCUT2D eigenvalue weighted by molar-refractivity contribution is 8.08. The lowest BCUT2D eigenvalue weighted by Crippen LogP contribution is -2.60. The normalized spacial score (nSPS) is 38.4. The highest BCUT2D eigenvalue weighted by Crippen LogP contribution is 2.62. The molecule has 242 valence electrons. The molecule has 0 aromatic carbocycles. The maximum absolute atomic E-state index is 14.0. The van der Waals surface area contributed by atoms with Gasteiger partial charge in [-0.3, -0.25) is 9.09 Å². The number of phosphoric ester groups is 1. The summed E-state index contributed by atoms with van der Waals surface area (Å²) in [5.74, 6) is 0.0227. The van der Waals surface area contributed by atoms with Gasteiger partial charge in [-0.2, -0.15) is 0 Å². The Morgan fingerprint density at radius 3 is 2.56 bits per heavy atom. The fraction of sp³-hybridized carbons (Fsp3) is 0.650. The quantitative estimate of drug-likeness (QED) is 0.0875. The summed E-state index contributed by atoms with van der Waals surface area (Å²) in [5.41, 5.74) is 1.96. The highest BCUT2D eigenvalue weighted by atomic mass is 32.5. The Bertz CT molecular complexity index is 1440. The summed E-state index contributed by atoms with van der Waals surface area (Å²) in [4.78, 5) is 32.6. The Labute approximate surface area is 246 Å². The number of imidazole rings is 1. The maximum Gasteiger partial charge on any atom is 0.481 e. The van der Waals surface area contributed by atoms with E-state index in [1.807, 2.05) is 0 Å². The Balaban J connectivity index is 1.48. The molecule has 12 atom stereocenters. The highest BCUT2D eigenvalue weighted by Gasteiger charge is 2.61. The zero-order chi connectivity index (χ0) is 32.1. The number of nitrogen functional groups attached to an aromatic ring is 1. The summed E-state index contributed by atoms with van der Waals surface area (Å²) in [6, 6.07) is 0. The molecule has 7 unspecified atom stereocenters. The molecule has 2 aromatic rings. The van der Waals surface area contributed by atoms with E-state index in [9.17, 15) is 44.3 Å². The Morgan fingerprint density at radius 1 is 1.26 bits per heavy atom. The van der Waals surface area contributed by atoms with Crippen LogP contribution in [0.25, 0.3) is 11.2 Å². The molecule has 0 bridgehead atoms. The Morgan fingerprint density at radius 2 is 1.93 bits per heavy atom. The number of phosphoric acid groups is 1. The van der Waals surface area contributed by atoms with Gasteiger partial charge in [-0.05, 0) is 18.7 Å². The van der Waals surface area contributed by atoms with Gasteiger partial charge >= 0.3 is 14.5 Å². The van der Waals surface area contributed by atoms with Gasteiger partial charge < -0.3 is 60.2 Å². The van der Waals surface area contributed by atoms with Crippen LogP contribution in [0, 0.1) is 0 Å². The molecule has 4 rings (SSSR count).